The monoisotopic (exact) mass is 2050 g/mol. The lowest BCUT2D eigenvalue weighted by molar-refractivity contribution is 0.138. The van der Waals surface area contributed by atoms with Crippen molar-refractivity contribution in [2.75, 3.05) is 147 Å². The number of aromatic amines is 5. The molecule has 7 fully saturated rings. The van der Waals surface area contributed by atoms with Gasteiger partial charge in [-0.2, -0.15) is 25.5 Å². The Hall–Kier alpha value is -11.5. The van der Waals surface area contributed by atoms with E-state index < -0.39 is 53.2 Å². The molecule has 0 atom stereocenters. The summed E-state index contributed by atoms with van der Waals surface area (Å²) in [4.78, 5) is 71.4. The Morgan fingerprint density at radius 2 is 0.549 bits per heavy atom. The van der Waals surface area contributed by atoms with Crippen LogP contribution in [-0.4, -0.2) is 235 Å². The first-order chi connectivity index (χ1) is 69.4. The normalized spacial score (nSPS) is 18.1. The van der Waals surface area contributed by atoms with Gasteiger partial charge in [0.05, 0.1) is 55.4 Å². The molecule has 0 unspecified atom stereocenters. The molecule has 0 radical (unpaired) electrons. The molecule has 5 aliphatic heterocycles. The van der Waals surface area contributed by atoms with Crippen LogP contribution in [0.1, 0.15) is 109 Å². The Morgan fingerprint density at radius 1 is 0.312 bits per heavy atom. The summed E-state index contributed by atoms with van der Waals surface area (Å²) in [6.07, 6.45) is 13.8. The van der Waals surface area contributed by atoms with Crippen LogP contribution >= 0.6 is 35.7 Å². The van der Waals surface area contributed by atoms with Crippen LogP contribution in [0.5, 0.6) is 0 Å². The molecular formula is C109H119F5N15O10P5. The second kappa shape index (κ2) is 44.4. The van der Waals surface area contributed by atoms with Crippen molar-refractivity contribution in [2.45, 2.75) is 97.1 Å². The maximum absolute atomic E-state index is 14.7. The summed E-state index contributed by atoms with van der Waals surface area (Å²) in [7, 11) is -11.7. The summed E-state index contributed by atoms with van der Waals surface area (Å²) in [5, 5.41) is 42.3. The van der Waals surface area contributed by atoms with E-state index in [-0.39, 0.29) is 39.4 Å². The number of hydrogen-bond donors (Lipinski definition) is 5. The summed E-state index contributed by atoms with van der Waals surface area (Å²) in [6.45, 7) is 15.9. The molecule has 5 aromatic heterocycles. The van der Waals surface area contributed by atoms with Gasteiger partial charge in [0, 0.05) is 231 Å². The molecule has 2 aliphatic carbocycles. The molecule has 0 spiro atoms. The van der Waals surface area contributed by atoms with Crippen LogP contribution in [0.4, 0.5) is 22.0 Å². The first kappa shape index (κ1) is 103. The number of nitrogens with zero attached hydrogens (tertiary/aromatic N) is 10. The molecule has 144 heavy (non-hydrogen) atoms. The average molecular weight is 2050 g/mol. The van der Waals surface area contributed by atoms with Crippen molar-refractivity contribution in [2.24, 2.45) is 5.92 Å². The largest absolute Gasteiger partial charge is 0.318 e. The number of nitrogens with one attached hydrogen (secondary N) is 5. The van der Waals surface area contributed by atoms with Gasteiger partial charge in [-0.15, -0.1) is 0 Å². The van der Waals surface area contributed by atoms with E-state index in [2.05, 4.69) is 96.3 Å². The van der Waals surface area contributed by atoms with Crippen LogP contribution in [0.3, 0.4) is 0 Å². The molecule has 0 amide bonds. The summed E-state index contributed by atoms with van der Waals surface area (Å²) < 4.78 is 141. The maximum Gasteiger partial charge on any atom is 0.272 e. The third kappa shape index (κ3) is 23.3. The van der Waals surface area contributed by atoms with Gasteiger partial charge >= 0.3 is 0 Å². The number of benzene rings is 10. The van der Waals surface area contributed by atoms with Crippen LogP contribution in [-0.2, 0) is 54.9 Å². The van der Waals surface area contributed by atoms with Crippen molar-refractivity contribution in [3.8, 4) is 0 Å². The van der Waals surface area contributed by atoms with Crippen LogP contribution in [0, 0.1) is 35.0 Å². The zero-order valence-corrected chi connectivity index (χ0v) is 85.7. The molecule has 5 N–H and O–H groups in total. The molecule has 22 rings (SSSR count). The maximum atomic E-state index is 14.7. The SMILES string of the molecule is CC(C)N1CCP(=O)(c2cc(Cc3n[nH]c(=O)c4ccccc34)ccc2F)CC1.CCN1CCP(=O)(c2cc(Cc3n[nH]c(=O)c4ccccc34)ccc2F)CC1.CN1CCP(=O)(c2cc(Cc3n[nH]c(=O)c4ccccc34)ccc2F)CC1.O=c1[nH]nc(Cc2ccc(F)c(P3(=O)CCN(C4CCC4)CC3)c2)c2ccccc12.O=c1[nH]nc(Cc2ccc(F)c(P3(=O)CCN(CC4CC4)CC3)c2)c2ccccc12. The topological polar surface area (TPSA) is 330 Å². The molecule has 10 aromatic carbocycles. The van der Waals surface area contributed by atoms with E-state index in [0.717, 1.165) is 138 Å². The Bertz CT molecular complexity index is 7870. The van der Waals surface area contributed by atoms with Crippen LogP contribution in [0.25, 0.3) is 53.9 Å². The molecular weight excluding hydrogens is 1930 g/mol. The first-order valence-electron chi connectivity index (χ1n) is 49.7. The highest BCUT2D eigenvalue weighted by Crippen LogP contribution is 2.53. The summed E-state index contributed by atoms with van der Waals surface area (Å²) >= 11 is 0. The molecule has 5 saturated heterocycles. The van der Waals surface area contributed by atoms with Crippen molar-refractivity contribution in [1.29, 1.82) is 0 Å². The molecule has 2 saturated carbocycles. The standard InChI is InChI=1S/2C23H25FN3O2P.C22H25FN3O2P.C21H23FN3O2P.C20H21FN3O2P/c24-20-9-8-16(14-21-18-6-1-2-7-19(18)23(28)26-25-21)15-22(20)30(29)12-10-27(11-13-30)17-4-3-5-17;24-20-8-7-17(13-21-18-3-1-2-4-19(18)23(28)26-25-21)14-22(20)30(29)11-9-27(10-12-30)15-16-5-6-16;1-15(2)26-9-11-29(28,12-10-26)21-14-16(7-8-19(21)23)13-20-17-5-3-4-6-18(17)22(27)25-24-20;1-2-25-9-11-28(27,12-10-25)20-14-15(7-8-18(20)22)13-19-16-5-3-4-6-17(16)21(26)24-23-19;1-24-8-10-27(26,11-9-24)19-13-14(6-7-17(19)21)12-18-15-4-2-3-5-16(15)20(25)23-22-18/h1-2,6-9,15,17H,3-5,10-14H2,(H,26,28);1-4,7-8,14,16H,5-6,9-13,15H2,(H,26,28);3-8,14-15H,9-13H2,1-2H3,(H,25,27);3-8,14H,2,9-13H2,1H3,(H,24,26);2-7,13H,8-12H2,1H3,(H,23,25). The molecule has 750 valence electrons. The van der Waals surface area contributed by atoms with Gasteiger partial charge in [-0.1, -0.05) is 135 Å². The van der Waals surface area contributed by atoms with E-state index in [4.69, 9.17) is 0 Å². The van der Waals surface area contributed by atoms with Gasteiger partial charge < -0.3 is 37.5 Å². The highest BCUT2D eigenvalue weighted by atomic mass is 31.2. The summed E-state index contributed by atoms with van der Waals surface area (Å²) in [5.41, 5.74) is 6.67. The highest BCUT2D eigenvalue weighted by molar-refractivity contribution is 7.73. The fourth-order valence-corrected chi connectivity index (χ4v) is 34.5. The van der Waals surface area contributed by atoms with Crippen LogP contribution in [0.15, 0.2) is 236 Å². The molecule has 10 heterocycles. The quantitative estimate of drug-likeness (QED) is 0.0349. The van der Waals surface area contributed by atoms with Gasteiger partial charge in [0.15, 0.2) is 0 Å². The highest BCUT2D eigenvalue weighted by Gasteiger charge is 2.41. The number of halogens is 5. The fraction of sp³-hybridized carbons (Fsp3) is 0.358. The lowest BCUT2D eigenvalue weighted by Gasteiger charge is -2.41. The van der Waals surface area contributed by atoms with Gasteiger partial charge in [-0.05, 0) is 178 Å². The van der Waals surface area contributed by atoms with E-state index in [1.54, 1.807) is 91.0 Å². The summed E-state index contributed by atoms with van der Waals surface area (Å²) in [6, 6.07) is 61.9. The second-order valence-corrected chi connectivity index (χ2v) is 55.2. The van der Waals surface area contributed by atoms with E-state index in [9.17, 15) is 68.8 Å². The van der Waals surface area contributed by atoms with E-state index >= 15 is 0 Å². The van der Waals surface area contributed by atoms with E-state index in [0.29, 0.717) is 189 Å². The third-order valence-corrected chi connectivity index (χ3v) is 45.1. The minimum atomic E-state index is -2.76. The van der Waals surface area contributed by atoms with Crippen LogP contribution < -0.4 is 54.3 Å². The second-order valence-electron chi connectivity index (χ2n) is 39.5. The van der Waals surface area contributed by atoms with Crippen LogP contribution in [0.2, 0.25) is 0 Å². The van der Waals surface area contributed by atoms with Crippen molar-refractivity contribution >= 4 is 116 Å². The van der Waals surface area contributed by atoms with E-state index in [1.807, 2.05) is 98.0 Å². The van der Waals surface area contributed by atoms with Crippen molar-refractivity contribution < 1.29 is 44.8 Å². The average Bonchev–Trinajstić information content (AvgIpc) is 1.60. The van der Waals surface area contributed by atoms with E-state index in [1.165, 1.54) is 62.4 Å². The zero-order valence-electron chi connectivity index (χ0n) is 81.2. The minimum absolute atomic E-state index is 0.225. The van der Waals surface area contributed by atoms with Crippen molar-refractivity contribution in [3.63, 3.8) is 0 Å². The third-order valence-electron chi connectivity index (χ3n) is 29.8. The van der Waals surface area contributed by atoms with Gasteiger partial charge in [0.1, 0.15) is 64.8 Å². The first-order valence-corrected chi connectivity index (χ1v) is 60.1. The molecule has 15 aromatic rings. The zero-order chi connectivity index (χ0) is 101. The van der Waals surface area contributed by atoms with Gasteiger partial charge in [-0.3, -0.25) is 33.8 Å². The fourth-order valence-electron chi connectivity index (χ4n) is 20.6. The Kier molecular flexibility index (Phi) is 31.6. The number of aromatic nitrogens is 10. The number of rotatable bonds is 20. The van der Waals surface area contributed by atoms with Crippen molar-refractivity contribution in [1.82, 2.24) is 75.5 Å². The van der Waals surface area contributed by atoms with Gasteiger partial charge in [0.2, 0.25) is 0 Å². The molecule has 35 heteroatoms. The molecule has 25 nitrogen and oxygen atoms in total. The number of fused-ring (bicyclic) bond motifs is 5. The van der Waals surface area contributed by atoms with Gasteiger partial charge in [0.25, 0.3) is 27.8 Å². The number of hydrogen-bond acceptors (Lipinski definition) is 20. The van der Waals surface area contributed by atoms with Gasteiger partial charge in [-0.25, -0.2) is 47.4 Å². The molecule has 7 aliphatic rings. The Morgan fingerprint density at radius 3 is 0.785 bits per heavy atom. The number of H-pyrrole nitrogens is 5. The predicted octanol–water partition coefficient (Wildman–Crippen LogP) is 15.8. The minimum Gasteiger partial charge on any atom is -0.318 e. The predicted molar refractivity (Wildman–Crippen MR) is 567 cm³/mol. The molecule has 0 bridgehead atoms. The summed E-state index contributed by atoms with van der Waals surface area (Å²) in [5.74, 6) is -1.13. The Balaban J connectivity index is 0.000000118. The Labute approximate surface area is 830 Å². The lowest BCUT2D eigenvalue weighted by Crippen LogP contribution is -2.46. The smallest absolute Gasteiger partial charge is 0.272 e. The lowest BCUT2D eigenvalue weighted by atomic mass is 9.91. The van der Waals surface area contributed by atoms with Crippen molar-refractivity contribution in [3.05, 3.63) is 349 Å².